The van der Waals surface area contributed by atoms with E-state index in [-0.39, 0.29) is 18.1 Å². The third kappa shape index (κ3) is 5.49. The summed E-state index contributed by atoms with van der Waals surface area (Å²) in [5, 5.41) is 17.5. The van der Waals surface area contributed by atoms with Gasteiger partial charge in [-0.3, -0.25) is 9.59 Å². The highest BCUT2D eigenvalue weighted by Gasteiger charge is 2.30. The third-order valence-electron chi connectivity index (χ3n) is 6.98. The lowest BCUT2D eigenvalue weighted by Crippen LogP contribution is -2.37. The second kappa shape index (κ2) is 10.8. The average Bonchev–Trinajstić information content (AvgIpc) is 2.93. The van der Waals surface area contributed by atoms with Crippen LogP contribution in [0.15, 0.2) is 91.0 Å². The van der Waals surface area contributed by atoms with Crippen molar-refractivity contribution in [1.29, 1.82) is 0 Å². The maximum absolute atomic E-state index is 12.5. The molecule has 0 saturated carbocycles. The Morgan fingerprint density at radius 3 is 2.59 bits per heavy atom. The van der Waals surface area contributed by atoms with Crippen LogP contribution in [0.25, 0.3) is 10.8 Å². The summed E-state index contributed by atoms with van der Waals surface area (Å²) in [7, 11) is 0. The molecule has 1 amide bonds. The number of hydrogen-bond donors (Lipinski definition) is 3. The van der Waals surface area contributed by atoms with Gasteiger partial charge in [-0.2, -0.15) is 0 Å². The van der Waals surface area contributed by atoms with E-state index in [0.717, 1.165) is 23.3 Å². The van der Waals surface area contributed by atoms with Crippen molar-refractivity contribution >= 4 is 22.6 Å². The molecular formula is C31H30N2O4. The molecule has 0 spiro atoms. The van der Waals surface area contributed by atoms with E-state index in [4.69, 9.17) is 9.84 Å². The van der Waals surface area contributed by atoms with Crippen LogP contribution in [0, 0.1) is 0 Å². The summed E-state index contributed by atoms with van der Waals surface area (Å²) in [5.74, 6) is -0.566. The first-order valence-corrected chi connectivity index (χ1v) is 12.6. The van der Waals surface area contributed by atoms with Crippen LogP contribution in [-0.2, 0) is 4.79 Å². The summed E-state index contributed by atoms with van der Waals surface area (Å²) in [6.45, 7) is 2.44. The monoisotopic (exact) mass is 494 g/mol. The Kier molecular flexibility index (Phi) is 7.19. The molecule has 0 fully saturated rings. The topological polar surface area (TPSA) is 87.7 Å². The Balaban J connectivity index is 1.34. The molecule has 0 saturated heterocycles. The van der Waals surface area contributed by atoms with E-state index in [1.54, 1.807) is 6.07 Å². The van der Waals surface area contributed by atoms with Crippen molar-refractivity contribution in [2.75, 3.05) is 13.1 Å². The molecule has 4 aromatic rings. The van der Waals surface area contributed by atoms with Crippen molar-refractivity contribution in [1.82, 2.24) is 10.6 Å². The van der Waals surface area contributed by atoms with E-state index < -0.39 is 18.4 Å². The molecule has 1 aliphatic rings. The number of amides is 1. The number of ether oxygens (including phenoxy) is 1. The van der Waals surface area contributed by atoms with Crippen LogP contribution in [0.4, 0.5) is 0 Å². The van der Waals surface area contributed by atoms with Gasteiger partial charge in [0, 0.05) is 29.6 Å². The minimum absolute atomic E-state index is 0.0526. The Morgan fingerprint density at radius 2 is 1.73 bits per heavy atom. The molecule has 6 heteroatoms. The van der Waals surface area contributed by atoms with Gasteiger partial charge in [-0.15, -0.1) is 0 Å². The van der Waals surface area contributed by atoms with Crippen molar-refractivity contribution in [2.45, 2.75) is 31.4 Å². The maximum atomic E-state index is 12.5. The van der Waals surface area contributed by atoms with Crippen molar-refractivity contribution in [3.63, 3.8) is 0 Å². The highest BCUT2D eigenvalue weighted by atomic mass is 16.5. The Hall–Kier alpha value is -4.16. The van der Waals surface area contributed by atoms with Crippen molar-refractivity contribution in [2.24, 2.45) is 0 Å². The fraction of sp³-hybridized carbons (Fsp3) is 0.226. The first kappa shape index (κ1) is 24.5. The molecule has 0 aliphatic carbocycles. The van der Waals surface area contributed by atoms with E-state index in [1.165, 1.54) is 16.3 Å². The Morgan fingerprint density at radius 1 is 0.973 bits per heavy atom. The zero-order valence-electron chi connectivity index (χ0n) is 20.7. The van der Waals surface area contributed by atoms with E-state index in [2.05, 4.69) is 66.1 Å². The molecule has 1 heterocycles. The van der Waals surface area contributed by atoms with E-state index in [9.17, 15) is 9.59 Å². The van der Waals surface area contributed by atoms with Crippen LogP contribution >= 0.6 is 0 Å². The third-order valence-corrected chi connectivity index (χ3v) is 6.98. The van der Waals surface area contributed by atoms with Gasteiger partial charge in [-0.05, 0) is 53.4 Å². The van der Waals surface area contributed by atoms with Crippen LogP contribution in [-0.4, -0.2) is 36.2 Å². The van der Waals surface area contributed by atoms with E-state index in [1.807, 2.05) is 36.4 Å². The number of carbonyl (C=O) groups excluding carboxylic acids is 1. The molecule has 3 N–H and O–H groups in total. The lowest BCUT2D eigenvalue weighted by Gasteiger charge is -2.33. The number of carboxylic acids is 1. The number of fused-ring (bicyclic) bond motifs is 2. The normalized spacial score (nSPS) is 17.4. The molecule has 3 atom stereocenters. The summed E-state index contributed by atoms with van der Waals surface area (Å²) in [4.78, 5) is 23.3. The number of hydrogen-bond acceptors (Lipinski definition) is 4. The fourth-order valence-electron chi connectivity index (χ4n) is 5.13. The molecule has 6 nitrogen and oxygen atoms in total. The fourth-order valence-corrected chi connectivity index (χ4v) is 5.13. The quantitative estimate of drug-likeness (QED) is 0.310. The predicted octanol–water partition coefficient (Wildman–Crippen LogP) is 5.29. The van der Waals surface area contributed by atoms with Gasteiger partial charge in [0.15, 0.2) is 0 Å². The number of rotatable bonds is 8. The molecule has 0 aromatic heterocycles. The number of benzene rings is 4. The van der Waals surface area contributed by atoms with Gasteiger partial charge in [0.05, 0.1) is 0 Å². The lowest BCUT2D eigenvalue weighted by atomic mass is 9.83. The maximum Gasteiger partial charge on any atom is 0.322 e. The first-order valence-electron chi connectivity index (χ1n) is 12.6. The number of carboxylic acid groups (broad SMARTS) is 1. The first-order chi connectivity index (χ1) is 18.0. The van der Waals surface area contributed by atoms with Gasteiger partial charge in [-0.25, -0.2) is 0 Å². The second-order valence-electron chi connectivity index (χ2n) is 9.47. The lowest BCUT2D eigenvalue weighted by molar-refractivity contribution is -0.135. The summed E-state index contributed by atoms with van der Waals surface area (Å²) < 4.78 is 6.39. The van der Waals surface area contributed by atoms with E-state index >= 15 is 0 Å². The highest BCUT2D eigenvalue weighted by Crippen LogP contribution is 2.40. The van der Waals surface area contributed by atoms with Gasteiger partial charge >= 0.3 is 5.97 Å². The Labute approximate surface area is 216 Å². The molecule has 0 bridgehead atoms. The van der Waals surface area contributed by atoms with Crippen LogP contribution in [0.2, 0.25) is 0 Å². The smallest absolute Gasteiger partial charge is 0.322 e. The minimum Gasteiger partial charge on any atom is -0.489 e. The van der Waals surface area contributed by atoms with Crippen molar-refractivity contribution < 1.29 is 19.4 Å². The molecular weight excluding hydrogens is 464 g/mol. The highest BCUT2D eigenvalue weighted by molar-refractivity contribution is 5.96. The zero-order valence-corrected chi connectivity index (χ0v) is 20.7. The SMILES string of the molecule is C[C@@H](NCC1CC(c2cccc(C(=O)NCC(=O)O)c2)c2ccccc2O1)c1cccc2ccccc12. The summed E-state index contributed by atoms with van der Waals surface area (Å²) in [6.07, 6.45) is 0.703. The van der Waals surface area contributed by atoms with Crippen molar-refractivity contribution in [3.8, 4) is 5.75 Å². The van der Waals surface area contributed by atoms with Crippen LogP contribution < -0.4 is 15.4 Å². The molecule has 2 unspecified atom stereocenters. The summed E-state index contributed by atoms with van der Waals surface area (Å²) >= 11 is 0. The van der Waals surface area contributed by atoms with Crippen LogP contribution in [0.5, 0.6) is 5.75 Å². The predicted molar refractivity (Wildman–Crippen MR) is 144 cm³/mol. The van der Waals surface area contributed by atoms with Crippen LogP contribution in [0.3, 0.4) is 0 Å². The van der Waals surface area contributed by atoms with Gasteiger partial charge in [0.25, 0.3) is 5.91 Å². The number of aliphatic carboxylic acids is 1. The molecule has 5 rings (SSSR count). The standard InChI is InChI=1S/C31H30N2O4/c1-20(25-14-7-9-21-8-2-3-12-26(21)25)32-18-24-17-28(27-13-4-5-15-29(27)37-24)22-10-6-11-23(16-22)31(36)33-19-30(34)35/h2-16,20,24,28,32H,17-19H2,1H3,(H,33,36)(H,34,35)/t20-,24?,28?/m1/s1. The van der Waals surface area contributed by atoms with Gasteiger partial charge in [0.1, 0.15) is 18.4 Å². The van der Waals surface area contributed by atoms with Gasteiger partial charge < -0.3 is 20.5 Å². The van der Waals surface area contributed by atoms with Gasteiger partial charge in [-0.1, -0.05) is 72.8 Å². The molecule has 37 heavy (non-hydrogen) atoms. The number of carbonyl (C=O) groups is 2. The summed E-state index contributed by atoms with van der Waals surface area (Å²) in [6, 6.07) is 30.4. The van der Waals surface area contributed by atoms with E-state index in [0.29, 0.717) is 12.1 Å². The zero-order chi connectivity index (χ0) is 25.8. The molecule has 4 aromatic carbocycles. The number of para-hydroxylation sites is 1. The number of nitrogens with one attached hydrogen (secondary N) is 2. The Bertz CT molecular complexity index is 1430. The van der Waals surface area contributed by atoms with Crippen molar-refractivity contribution in [3.05, 3.63) is 113 Å². The molecule has 0 radical (unpaired) electrons. The van der Waals surface area contributed by atoms with Gasteiger partial charge in [0.2, 0.25) is 0 Å². The molecule has 188 valence electrons. The summed E-state index contributed by atoms with van der Waals surface area (Å²) in [5.41, 5.74) is 3.79. The second-order valence-corrected chi connectivity index (χ2v) is 9.47. The largest absolute Gasteiger partial charge is 0.489 e. The average molecular weight is 495 g/mol. The minimum atomic E-state index is -1.07. The van der Waals surface area contributed by atoms with Crippen LogP contribution in [0.1, 0.15) is 52.4 Å². The molecule has 1 aliphatic heterocycles.